The van der Waals surface area contributed by atoms with Gasteiger partial charge in [-0.25, -0.2) is 4.79 Å². The van der Waals surface area contributed by atoms with E-state index in [0.717, 1.165) is 16.7 Å². The van der Waals surface area contributed by atoms with Crippen molar-refractivity contribution in [2.45, 2.75) is 77.9 Å². The molecule has 1 aliphatic rings. The first-order valence-electron chi connectivity index (χ1n) is 15.7. The summed E-state index contributed by atoms with van der Waals surface area (Å²) >= 11 is 0. The highest BCUT2D eigenvalue weighted by molar-refractivity contribution is 5.99. The van der Waals surface area contributed by atoms with Crippen molar-refractivity contribution in [1.29, 1.82) is 0 Å². The Kier molecular flexibility index (Phi) is 12.1. The Morgan fingerprint density at radius 1 is 0.826 bits per heavy atom. The van der Waals surface area contributed by atoms with Gasteiger partial charge in [0.15, 0.2) is 6.10 Å². The third-order valence-corrected chi connectivity index (χ3v) is 7.83. The molecule has 3 aromatic carbocycles. The van der Waals surface area contributed by atoms with Crippen molar-refractivity contribution in [3.05, 3.63) is 114 Å². The maximum atomic E-state index is 13.7. The number of carbonyl (C=O) groups excluding carboxylic acids is 4. The predicted molar refractivity (Wildman–Crippen MR) is 175 cm³/mol. The lowest BCUT2D eigenvalue weighted by Crippen LogP contribution is -2.56. The number of epoxide rings is 1. The lowest BCUT2D eigenvalue weighted by Gasteiger charge is -2.31. The zero-order chi connectivity index (χ0) is 33.1. The first-order chi connectivity index (χ1) is 22.0. The number of amides is 4. The molecule has 3 N–H and O–H groups in total. The summed E-state index contributed by atoms with van der Waals surface area (Å²) in [5.74, 6) is -1.61. The van der Waals surface area contributed by atoms with Crippen molar-refractivity contribution in [3.63, 3.8) is 0 Å². The van der Waals surface area contributed by atoms with Gasteiger partial charge in [-0.15, -0.1) is 0 Å². The first kappa shape index (κ1) is 34.4. The van der Waals surface area contributed by atoms with Crippen molar-refractivity contribution in [2.75, 3.05) is 0 Å². The Hall–Kier alpha value is -4.50. The number of rotatable bonds is 14. The van der Waals surface area contributed by atoms with E-state index in [1.54, 1.807) is 6.92 Å². The molecular formula is C37H44N3O6. The number of carbonyl (C=O) groups is 4. The van der Waals surface area contributed by atoms with Crippen LogP contribution in [0.25, 0.3) is 0 Å². The van der Waals surface area contributed by atoms with Gasteiger partial charge in [0.1, 0.15) is 12.6 Å². The lowest BCUT2D eigenvalue weighted by atomic mass is 9.85. The Morgan fingerprint density at radius 3 is 2.02 bits per heavy atom. The molecule has 0 aromatic heterocycles. The van der Waals surface area contributed by atoms with Gasteiger partial charge in [0.05, 0.1) is 6.10 Å². The molecule has 0 spiro atoms. The number of ether oxygens (including phenoxy) is 2. The van der Waals surface area contributed by atoms with Gasteiger partial charge < -0.3 is 20.1 Å². The molecule has 1 heterocycles. The second-order valence-corrected chi connectivity index (χ2v) is 12.8. The molecule has 9 nitrogen and oxygen atoms in total. The van der Waals surface area contributed by atoms with Crippen LogP contribution in [0.15, 0.2) is 91.0 Å². The normalized spacial score (nSPS) is 17.6. The van der Waals surface area contributed by atoms with Crippen LogP contribution in [0, 0.1) is 17.8 Å². The maximum Gasteiger partial charge on any atom is 0.408 e. The van der Waals surface area contributed by atoms with Gasteiger partial charge >= 0.3 is 6.09 Å². The van der Waals surface area contributed by atoms with Crippen LogP contribution in [0.2, 0.25) is 0 Å². The number of benzene rings is 3. The van der Waals surface area contributed by atoms with Crippen LogP contribution in [0.1, 0.15) is 57.2 Å². The molecule has 3 aromatic rings. The van der Waals surface area contributed by atoms with E-state index < -0.39 is 47.6 Å². The zero-order valence-corrected chi connectivity index (χ0v) is 26.9. The van der Waals surface area contributed by atoms with E-state index >= 15 is 0 Å². The van der Waals surface area contributed by atoms with Crippen LogP contribution in [-0.2, 0) is 36.9 Å². The maximum absolute atomic E-state index is 13.7. The number of nitrogens with one attached hydrogen (secondary N) is 3. The smallest absolute Gasteiger partial charge is 0.408 e. The average Bonchev–Trinajstić information content (AvgIpc) is 3.81. The number of hydrogen-bond acceptors (Lipinski definition) is 6. The summed E-state index contributed by atoms with van der Waals surface area (Å²) in [7, 11) is 0. The highest BCUT2D eigenvalue weighted by Gasteiger charge is 2.47. The second kappa shape index (κ2) is 16.2. The van der Waals surface area contributed by atoms with Gasteiger partial charge in [-0.3, -0.25) is 19.7 Å². The highest BCUT2D eigenvalue weighted by Crippen LogP contribution is 2.29. The van der Waals surface area contributed by atoms with Crippen LogP contribution in [-0.4, -0.2) is 48.1 Å². The van der Waals surface area contributed by atoms with Gasteiger partial charge in [0.2, 0.25) is 11.8 Å². The van der Waals surface area contributed by atoms with E-state index in [1.807, 2.05) is 118 Å². The standard InChI is InChI=1S/C37H44N3O6/c1-25(20-21-26-14-8-5-9-15-26)33(41)40-34(42)31-30(46-31)23-29(22-27-16-10-6-11-17-27)38-35(43)32(37(2,3)4)39-36(44)45-24-28-18-12-7-13-19-28/h5-19,21,25,29-32H,20,22-24H2,1-4H3,(H,38,43)(H,39,44)(H,40,41,42)/t25-,29-,30?,31-,32+/m0/s1. The molecule has 4 rings (SSSR count). The fraction of sp³-hybridized carbons (Fsp3) is 0.378. The molecule has 1 aliphatic heterocycles. The van der Waals surface area contributed by atoms with Gasteiger partial charge in [-0.1, -0.05) is 119 Å². The largest absolute Gasteiger partial charge is 0.445 e. The Morgan fingerprint density at radius 2 is 1.41 bits per heavy atom. The van der Waals surface area contributed by atoms with Gasteiger partial charge in [-0.2, -0.15) is 0 Å². The minimum Gasteiger partial charge on any atom is -0.445 e. The molecule has 0 saturated carbocycles. The molecule has 46 heavy (non-hydrogen) atoms. The average molecular weight is 627 g/mol. The summed E-state index contributed by atoms with van der Waals surface area (Å²) in [6.45, 7) is 7.44. The molecule has 243 valence electrons. The van der Waals surface area contributed by atoms with E-state index in [1.165, 1.54) is 0 Å². The number of imide groups is 1. The minimum absolute atomic E-state index is 0.0802. The van der Waals surface area contributed by atoms with Crippen LogP contribution >= 0.6 is 0 Å². The summed E-state index contributed by atoms with van der Waals surface area (Å²) in [5.41, 5.74) is 2.22. The molecule has 0 aliphatic carbocycles. The molecular weight excluding hydrogens is 582 g/mol. The van der Waals surface area contributed by atoms with E-state index in [4.69, 9.17) is 9.47 Å². The highest BCUT2D eigenvalue weighted by atomic mass is 16.6. The minimum atomic E-state index is -0.889. The molecule has 1 saturated heterocycles. The topological polar surface area (TPSA) is 126 Å². The van der Waals surface area contributed by atoms with Crippen molar-refractivity contribution in [1.82, 2.24) is 16.0 Å². The van der Waals surface area contributed by atoms with Gasteiger partial charge in [-0.05, 0) is 47.8 Å². The fourth-order valence-corrected chi connectivity index (χ4v) is 5.09. The third-order valence-electron chi connectivity index (χ3n) is 7.83. The molecule has 1 radical (unpaired) electrons. The fourth-order valence-electron chi connectivity index (χ4n) is 5.09. The third kappa shape index (κ3) is 10.8. The Bertz CT molecular complexity index is 1440. The predicted octanol–water partition coefficient (Wildman–Crippen LogP) is 5.13. The molecule has 4 amide bonds. The van der Waals surface area contributed by atoms with Gasteiger partial charge in [0.25, 0.3) is 5.91 Å². The van der Waals surface area contributed by atoms with Crippen LogP contribution < -0.4 is 16.0 Å². The van der Waals surface area contributed by atoms with Crippen molar-refractivity contribution in [2.24, 2.45) is 11.3 Å². The Balaban J connectivity index is 1.33. The zero-order valence-electron chi connectivity index (χ0n) is 26.9. The van der Waals surface area contributed by atoms with Crippen LogP contribution in [0.5, 0.6) is 0 Å². The molecule has 1 fully saturated rings. The summed E-state index contributed by atoms with van der Waals surface area (Å²) in [6, 6.07) is 27.4. The van der Waals surface area contributed by atoms with Crippen LogP contribution in [0.3, 0.4) is 0 Å². The number of alkyl carbamates (subject to hydrolysis) is 1. The van der Waals surface area contributed by atoms with Gasteiger partial charge in [0, 0.05) is 12.0 Å². The lowest BCUT2D eigenvalue weighted by molar-refractivity contribution is -0.133. The quantitative estimate of drug-likeness (QED) is 0.213. The van der Waals surface area contributed by atoms with Crippen molar-refractivity contribution in [3.8, 4) is 0 Å². The molecule has 0 bridgehead atoms. The molecule has 9 heteroatoms. The molecule has 5 atom stereocenters. The summed E-state index contributed by atoms with van der Waals surface area (Å²) < 4.78 is 11.1. The van der Waals surface area contributed by atoms with E-state index in [2.05, 4.69) is 16.0 Å². The van der Waals surface area contributed by atoms with Crippen molar-refractivity contribution < 1.29 is 28.7 Å². The molecule has 1 unspecified atom stereocenters. The summed E-state index contributed by atoms with van der Waals surface area (Å²) in [4.78, 5) is 51.9. The SMILES string of the molecule is C[C@@H](C[CH]c1ccccc1)C(=O)NC(=O)[C@H]1OC1C[C@H](Cc1ccccc1)NC(=O)[C@@H](NC(=O)OCc1ccccc1)C(C)(C)C. The van der Waals surface area contributed by atoms with Crippen molar-refractivity contribution >= 4 is 23.8 Å². The first-order valence-corrected chi connectivity index (χ1v) is 15.7. The van der Waals surface area contributed by atoms with E-state index in [9.17, 15) is 19.2 Å². The van der Waals surface area contributed by atoms with E-state index in [0.29, 0.717) is 19.3 Å². The number of hydrogen-bond donors (Lipinski definition) is 3. The summed E-state index contributed by atoms with van der Waals surface area (Å²) in [6.07, 6.45) is 1.34. The monoisotopic (exact) mass is 626 g/mol. The second-order valence-electron chi connectivity index (χ2n) is 12.8. The summed E-state index contributed by atoms with van der Waals surface area (Å²) in [5, 5.41) is 8.30. The Labute approximate surface area is 271 Å². The van der Waals surface area contributed by atoms with Crippen LogP contribution in [0.4, 0.5) is 4.79 Å². The van der Waals surface area contributed by atoms with E-state index in [-0.39, 0.29) is 18.4 Å².